The maximum absolute atomic E-state index is 11.9. The molecule has 0 saturated carbocycles. The number of hydrogen-bond acceptors (Lipinski definition) is 3. The number of aryl methyl sites for hydroxylation is 2. The summed E-state index contributed by atoms with van der Waals surface area (Å²) in [5.41, 5.74) is 4.24. The molecule has 3 aromatic rings. The maximum atomic E-state index is 11.9. The Morgan fingerprint density at radius 1 is 1.05 bits per heavy atom. The van der Waals surface area contributed by atoms with E-state index in [0.29, 0.717) is 0 Å². The van der Waals surface area contributed by atoms with E-state index in [2.05, 4.69) is 22.4 Å². The largest absolute Gasteiger partial charge is 0.328 e. The van der Waals surface area contributed by atoms with Crippen LogP contribution in [-0.4, -0.2) is 14.1 Å². The molecular weight excluding hydrogens is 264 g/mol. The Morgan fingerprint density at radius 3 is 2.57 bits per heavy atom. The SMILES string of the molecule is Cn1c(=O)n(C)c2cc(CNCc3cccnc3)ccc21. The molecule has 1 aromatic carbocycles. The number of pyridine rings is 1. The van der Waals surface area contributed by atoms with Gasteiger partial charge in [-0.15, -0.1) is 0 Å². The van der Waals surface area contributed by atoms with Crippen molar-refractivity contribution < 1.29 is 0 Å². The normalized spacial score (nSPS) is 11.1. The second kappa shape index (κ2) is 5.54. The van der Waals surface area contributed by atoms with E-state index in [0.717, 1.165) is 35.2 Å². The van der Waals surface area contributed by atoms with Crippen LogP contribution in [0.2, 0.25) is 0 Å². The fourth-order valence-electron chi connectivity index (χ4n) is 2.52. The molecule has 0 aliphatic heterocycles. The van der Waals surface area contributed by atoms with E-state index in [1.807, 2.05) is 24.4 Å². The summed E-state index contributed by atoms with van der Waals surface area (Å²) in [5, 5.41) is 3.39. The Balaban J connectivity index is 1.76. The van der Waals surface area contributed by atoms with Crippen LogP contribution in [0.25, 0.3) is 11.0 Å². The van der Waals surface area contributed by atoms with Crippen LogP contribution in [0.4, 0.5) is 0 Å². The van der Waals surface area contributed by atoms with Gasteiger partial charge < -0.3 is 5.32 Å². The van der Waals surface area contributed by atoms with Gasteiger partial charge >= 0.3 is 5.69 Å². The first kappa shape index (κ1) is 13.6. The third kappa shape index (κ3) is 2.60. The molecule has 0 radical (unpaired) electrons. The van der Waals surface area contributed by atoms with Crippen LogP contribution in [0.15, 0.2) is 47.5 Å². The van der Waals surface area contributed by atoms with Crippen LogP contribution in [0.1, 0.15) is 11.1 Å². The van der Waals surface area contributed by atoms with Crippen molar-refractivity contribution in [3.05, 3.63) is 64.3 Å². The first-order valence-corrected chi connectivity index (χ1v) is 6.91. The summed E-state index contributed by atoms with van der Waals surface area (Å²) < 4.78 is 3.35. The highest BCUT2D eigenvalue weighted by atomic mass is 16.1. The Labute approximate surface area is 122 Å². The number of rotatable bonds is 4. The first-order valence-electron chi connectivity index (χ1n) is 6.91. The predicted octanol–water partition coefficient (Wildman–Crippen LogP) is 1.56. The summed E-state index contributed by atoms with van der Waals surface area (Å²) >= 11 is 0. The molecule has 0 aliphatic carbocycles. The molecule has 0 spiro atoms. The predicted molar refractivity (Wildman–Crippen MR) is 82.9 cm³/mol. The fraction of sp³-hybridized carbons (Fsp3) is 0.250. The quantitative estimate of drug-likeness (QED) is 0.790. The van der Waals surface area contributed by atoms with Crippen molar-refractivity contribution in [3.63, 3.8) is 0 Å². The van der Waals surface area contributed by atoms with Crippen molar-refractivity contribution >= 4 is 11.0 Å². The van der Waals surface area contributed by atoms with Gasteiger partial charge in [-0.3, -0.25) is 14.1 Å². The van der Waals surface area contributed by atoms with Crippen LogP contribution in [-0.2, 0) is 27.2 Å². The van der Waals surface area contributed by atoms with Crippen molar-refractivity contribution in [2.75, 3.05) is 0 Å². The second-order valence-electron chi connectivity index (χ2n) is 5.19. The Morgan fingerprint density at radius 2 is 1.81 bits per heavy atom. The Bertz CT molecular complexity index is 817. The van der Waals surface area contributed by atoms with Crippen LogP contribution in [0.5, 0.6) is 0 Å². The van der Waals surface area contributed by atoms with Gasteiger partial charge in [0.15, 0.2) is 0 Å². The molecule has 5 heteroatoms. The molecule has 0 fully saturated rings. The number of nitrogens with zero attached hydrogens (tertiary/aromatic N) is 3. The molecule has 0 bridgehead atoms. The average Bonchev–Trinajstić information content (AvgIpc) is 2.73. The lowest BCUT2D eigenvalue weighted by atomic mass is 10.2. The van der Waals surface area contributed by atoms with Gasteiger partial charge in [-0.1, -0.05) is 12.1 Å². The summed E-state index contributed by atoms with van der Waals surface area (Å²) in [7, 11) is 3.60. The molecule has 0 saturated heterocycles. The highest BCUT2D eigenvalue weighted by molar-refractivity contribution is 5.76. The van der Waals surface area contributed by atoms with Gasteiger partial charge in [0.25, 0.3) is 0 Å². The number of benzene rings is 1. The molecule has 108 valence electrons. The molecule has 3 rings (SSSR count). The van der Waals surface area contributed by atoms with E-state index in [-0.39, 0.29) is 5.69 Å². The van der Waals surface area contributed by atoms with Crippen molar-refractivity contribution in [1.82, 2.24) is 19.4 Å². The number of aromatic nitrogens is 3. The molecule has 0 aliphatic rings. The standard InChI is InChI=1S/C16H18N4O/c1-19-14-6-5-12(8-15(14)20(2)16(19)21)9-18-11-13-4-3-7-17-10-13/h3-8,10,18H,9,11H2,1-2H3. The maximum Gasteiger partial charge on any atom is 0.328 e. The molecular formula is C16H18N4O. The number of fused-ring (bicyclic) bond motifs is 1. The molecule has 2 heterocycles. The third-order valence-electron chi connectivity index (χ3n) is 3.72. The summed E-state index contributed by atoms with van der Waals surface area (Å²) in [5.74, 6) is 0. The summed E-state index contributed by atoms with van der Waals surface area (Å²) in [6, 6.07) is 10.1. The minimum absolute atomic E-state index is 0.00506. The molecule has 0 atom stereocenters. The van der Waals surface area contributed by atoms with Crippen LogP contribution >= 0.6 is 0 Å². The van der Waals surface area contributed by atoms with E-state index in [1.165, 1.54) is 0 Å². The van der Waals surface area contributed by atoms with Gasteiger partial charge in [0.2, 0.25) is 0 Å². The molecule has 0 unspecified atom stereocenters. The zero-order valence-corrected chi connectivity index (χ0v) is 12.2. The van der Waals surface area contributed by atoms with Crippen molar-refractivity contribution in [2.45, 2.75) is 13.1 Å². The number of nitrogens with one attached hydrogen (secondary N) is 1. The van der Waals surface area contributed by atoms with Gasteiger partial charge in [0.05, 0.1) is 11.0 Å². The van der Waals surface area contributed by atoms with Crippen molar-refractivity contribution in [1.29, 1.82) is 0 Å². The lowest BCUT2D eigenvalue weighted by Gasteiger charge is -2.05. The van der Waals surface area contributed by atoms with Crippen molar-refractivity contribution in [2.24, 2.45) is 14.1 Å². The highest BCUT2D eigenvalue weighted by Gasteiger charge is 2.07. The average molecular weight is 282 g/mol. The van der Waals surface area contributed by atoms with E-state index in [9.17, 15) is 4.79 Å². The Kier molecular flexibility index (Phi) is 3.58. The molecule has 5 nitrogen and oxygen atoms in total. The molecule has 2 aromatic heterocycles. The van der Waals surface area contributed by atoms with Gasteiger partial charge in [0, 0.05) is 39.6 Å². The molecule has 21 heavy (non-hydrogen) atoms. The second-order valence-corrected chi connectivity index (χ2v) is 5.19. The molecule has 0 amide bonds. The van der Waals surface area contributed by atoms with E-state index in [1.54, 1.807) is 29.4 Å². The zero-order chi connectivity index (χ0) is 14.8. The minimum atomic E-state index is 0.00506. The van der Waals surface area contributed by atoms with Gasteiger partial charge in [-0.05, 0) is 29.3 Å². The first-order chi connectivity index (χ1) is 10.2. The minimum Gasteiger partial charge on any atom is -0.309 e. The van der Waals surface area contributed by atoms with Gasteiger partial charge in [-0.2, -0.15) is 0 Å². The lowest BCUT2D eigenvalue weighted by Crippen LogP contribution is -2.19. The fourth-order valence-corrected chi connectivity index (χ4v) is 2.52. The van der Waals surface area contributed by atoms with Crippen LogP contribution in [0.3, 0.4) is 0 Å². The van der Waals surface area contributed by atoms with Gasteiger partial charge in [-0.25, -0.2) is 4.79 Å². The zero-order valence-electron chi connectivity index (χ0n) is 12.2. The topological polar surface area (TPSA) is 51.9 Å². The highest BCUT2D eigenvalue weighted by Crippen LogP contribution is 2.14. The summed E-state index contributed by atoms with van der Waals surface area (Å²) in [6.45, 7) is 1.54. The smallest absolute Gasteiger partial charge is 0.309 e. The summed E-state index contributed by atoms with van der Waals surface area (Å²) in [6.07, 6.45) is 3.63. The summed E-state index contributed by atoms with van der Waals surface area (Å²) in [4.78, 5) is 16.0. The van der Waals surface area contributed by atoms with Crippen molar-refractivity contribution in [3.8, 4) is 0 Å². The Hall–Kier alpha value is -2.40. The number of imidazole rings is 1. The van der Waals surface area contributed by atoms with Crippen LogP contribution < -0.4 is 11.0 Å². The van der Waals surface area contributed by atoms with E-state index in [4.69, 9.17) is 0 Å². The third-order valence-corrected chi connectivity index (χ3v) is 3.72. The number of hydrogen-bond donors (Lipinski definition) is 1. The van der Waals surface area contributed by atoms with Gasteiger partial charge in [0.1, 0.15) is 0 Å². The lowest BCUT2D eigenvalue weighted by molar-refractivity contribution is 0.691. The van der Waals surface area contributed by atoms with E-state index < -0.39 is 0 Å². The van der Waals surface area contributed by atoms with E-state index >= 15 is 0 Å². The molecule has 1 N–H and O–H groups in total. The van der Waals surface area contributed by atoms with Crippen LogP contribution in [0, 0.1) is 0 Å². The monoisotopic (exact) mass is 282 g/mol.